The molecule has 0 aliphatic carbocycles. The van der Waals surface area contributed by atoms with E-state index in [-0.39, 0.29) is 0 Å². The van der Waals surface area contributed by atoms with Gasteiger partial charge in [0.1, 0.15) is 0 Å². The summed E-state index contributed by atoms with van der Waals surface area (Å²) in [5.41, 5.74) is 0. The van der Waals surface area contributed by atoms with Crippen molar-refractivity contribution < 1.29 is 0 Å². The second-order valence-corrected chi connectivity index (χ2v) is 5.38. The van der Waals surface area contributed by atoms with Crippen molar-refractivity contribution in [2.24, 2.45) is 0 Å². The fraction of sp³-hybridized carbons (Fsp3) is 0. The van der Waals surface area contributed by atoms with Gasteiger partial charge in [-0.25, -0.2) is 0 Å². The summed E-state index contributed by atoms with van der Waals surface area (Å²) in [5, 5.41) is 2.46. The van der Waals surface area contributed by atoms with E-state index in [0.29, 0.717) is 0 Å². The normalized spacial score (nSPS) is 10.7. The standard InChI is InChI=1S/C10H5Br3/c11-8-2-1-6-4-9(12)10(13)5-7(6)3-8/h1-5H. The van der Waals surface area contributed by atoms with Crippen LogP contribution in [0.2, 0.25) is 0 Å². The van der Waals surface area contributed by atoms with Crippen molar-refractivity contribution in [3.8, 4) is 0 Å². The number of hydrogen-bond donors (Lipinski definition) is 0. The highest BCUT2D eigenvalue weighted by Gasteiger charge is 1.99. The first-order valence-electron chi connectivity index (χ1n) is 3.71. The van der Waals surface area contributed by atoms with Crippen LogP contribution in [-0.2, 0) is 0 Å². The smallest absolute Gasteiger partial charge is 0.0323 e. The summed E-state index contributed by atoms with van der Waals surface area (Å²) in [7, 11) is 0. The van der Waals surface area contributed by atoms with Crippen molar-refractivity contribution in [2.45, 2.75) is 0 Å². The average molecular weight is 365 g/mol. The molecule has 0 aliphatic heterocycles. The quantitative estimate of drug-likeness (QED) is 0.608. The van der Waals surface area contributed by atoms with Crippen LogP contribution >= 0.6 is 47.8 Å². The molecular weight excluding hydrogens is 360 g/mol. The van der Waals surface area contributed by atoms with E-state index in [0.717, 1.165) is 13.4 Å². The zero-order valence-corrected chi connectivity index (χ0v) is 11.3. The fourth-order valence-electron chi connectivity index (χ4n) is 1.21. The first-order valence-corrected chi connectivity index (χ1v) is 6.09. The van der Waals surface area contributed by atoms with E-state index in [1.807, 2.05) is 6.07 Å². The van der Waals surface area contributed by atoms with Gasteiger partial charge in [0.05, 0.1) is 0 Å². The highest BCUT2D eigenvalue weighted by Crippen LogP contribution is 2.29. The lowest BCUT2D eigenvalue weighted by Gasteiger charge is -2.01. The third kappa shape index (κ3) is 1.97. The Hall–Kier alpha value is 0.140. The van der Waals surface area contributed by atoms with Gasteiger partial charge in [-0.2, -0.15) is 0 Å². The second-order valence-electron chi connectivity index (χ2n) is 2.76. The first-order chi connectivity index (χ1) is 6.16. The molecular formula is C10H5Br3. The van der Waals surface area contributed by atoms with Gasteiger partial charge in [-0.05, 0) is 66.9 Å². The predicted octanol–water partition coefficient (Wildman–Crippen LogP) is 5.13. The summed E-state index contributed by atoms with van der Waals surface area (Å²) in [5.74, 6) is 0. The number of fused-ring (bicyclic) bond motifs is 1. The van der Waals surface area contributed by atoms with Crippen molar-refractivity contribution in [3.63, 3.8) is 0 Å². The number of benzene rings is 2. The van der Waals surface area contributed by atoms with Gasteiger partial charge in [-0.1, -0.05) is 22.0 Å². The molecule has 0 saturated heterocycles. The largest absolute Gasteiger partial charge is 0.0532 e. The van der Waals surface area contributed by atoms with Gasteiger partial charge < -0.3 is 0 Å². The molecule has 2 rings (SSSR count). The Morgan fingerprint density at radius 2 is 1.31 bits per heavy atom. The van der Waals surface area contributed by atoms with E-state index in [1.165, 1.54) is 10.8 Å². The van der Waals surface area contributed by atoms with E-state index in [2.05, 4.69) is 72.1 Å². The molecule has 2 aromatic carbocycles. The number of hydrogen-bond acceptors (Lipinski definition) is 0. The molecule has 0 heterocycles. The van der Waals surface area contributed by atoms with Gasteiger partial charge in [0, 0.05) is 13.4 Å². The molecule has 13 heavy (non-hydrogen) atoms. The molecule has 0 bridgehead atoms. The summed E-state index contributed by atoms with van der Waals surface area (Å²) in [6.45, 7) is 0. The van der Waals surface area contributed by atoms with Crippen LogP contribution in [0, 0.1) is 0 Å². The van der Waals surface area contributed by atoms with E-state index in [9.17, 15) is 0 Å². The lowest BCUT2D eigenvalue weighted by Crippen LogP contribution is -1.75. The summed E-state index contributed by atoms with van der Waals surface area (Å²) >= 11 is 10.4. The zero-order chi connectivity index (χ0) is 9.42. The monoisotopic (exact) mass is 362 g/mol. The van der Waals surface area contributed by atoms with Gasteiger partial charge >= 0.3 is 0 Å². The van der Waals surface area contributed by atoms with Crippen LogP contribution in [0.3, 0.4) is 0 Å². The molecule has 0 spiro atoms. The van der Waals surface area contributed by atoms with Gasteiger partial charge in [-0.3, -0.25) is 0 Å². The maximum absolute atomic E-state index is 3.48. The SMILES string of the molecule is Brc1ccc2cc(Br)c(Br)cc2c1. The average Bonchev–Trinajstić information content (AvgIpc) is 2.08. The third-order valence-corrected chi connectivity index (χ3v) is 4.18. The summed E-state index contributed by atoms with van der Waals surface area (Å²) in [6.07, 6.45) is 0. The molecule has 0 saturated carbocycles. The minimum absolute atomic E-state index is 1.08. The minimum atomic E-state index is 1.08. The molecule has 0 N–H and O–H groups in total. The predicted molar refractivity (Wildman–Crippen MR) is 67.0 cm³/mol. The second kappa shape index (κ2) is 3.71. The first kappa shape index (κ1) is 9.69. The van der Waals surface area contributed by atoms with E-state index in [4.69, 9.17) is 0 Å². The molecule has 66 valence electrons. The number of rotatable bonds is 0. The van der Waals surface area contributed by atoms with Crippen LogP contribution in [0.4, 0.5) is 0 Å². The highest BCUT2D eigenvalue weighted by atomic mass is 79.9. The van der Waals surface area contributed by atoms with E-state index in [1.54, 1.807) is 0 Å². The van der Waals surface area contributed by atoms with Gasteiger partial charge in [0.15, 0.2) is 0 Å². The Morgan fingerprint density at radius 3 is 2.00 bits per heavy atom. The van der Waals surface area contributed by atoms with Gasteiger partial charge in [0.25, 0.3) is 0 Å². The molecule has 0 amide bonds. The van der Waals surface area contributed by atoms with Crippen LogP contribution in [0.15, 0.2) is 43.7 Å². The van der Waals surface area contributed by atoms with Gasteiger partial charge in [0.2, 0.25) is 0 Å². The van der Waals surface area contributed by atoms with Crippen LogP contribution in [0.1, 0.15) is 0 Å². The maximum Gasteiger partial charge on any atom is 0.0323 e. The van der Waals surface area contributed by atoms with Crippen molar-refractivity contribution in [2.75, 3.05) is 0 Å². The third-order valence-electron chi connectivity index (χ3n) is 1.84. The molecule has 0 nitrogen and oxygen atoms in total. The molecule has 0 aromatic heterocycles. The fourth-order valence-corrected chi connectivity index (χ4v) is 2.31. The Kier molecular flexibility index (Phi) is 2.77. The van der Waals surface area contributed by atoms with Crippen LogP contribution in [0.5, 0.6) is 0 Å². The maximum atomic E-state index is 3.48. The van der Waals surface area contributed by atoms with Gasteiger partial charge in [-0.15, -0.1) is 0 Å². The summed E-state index contributed by atoms with van der Waals surface area (Å²) < 4.78 is 3.27. The lowest BCUT2D eigenvalue weighted by atomic mass is 10.1. The van der Waals surface area contributed by atoms with Crippen molar-refractivity contribution >= 4 is 58.6 Å². The van der Waals surface area contributed by atoms with E-state index >= 15 is 0 Å². The van der Waals surface area contributed by atoms with E-state index < -0.39 is 0 Å². The van der Waals surface area contributed by atoms with Crippen molar-refractivity contribution in [1.82, 2.24) is 0 Å². The summed E-state index contributed by atoms with van der Waals surface area (Å²) in [4.78, 5) is 0. The molecule has 3 heteroatoms. The summed E-state index contributed by atoms with van der Waals surface area (Å²) in [6, 6.07) is 10.4. The molecule has 0 unspecified atom stereocenters. The topological polar surface area (TPSA) is 0 Å². The molecule has 0 aliphatic rings. The number of halogens is 3. The molecule has 2 aromatic rings. The molecule has 0 fully saturated rings. The van der Waals surface area contributed by atoms with Crippen LogP contribution in [-0.4, -0.2) is 0 Å². The Balaban J connectivity index is 2.81. The Morgan fingerprint density at radius 1 is 0.692 bits per heavy atom. The Bertz CT molecular complexity index is 463. The molecule has 0 radical (unpaired) electrons. The minimum Gasteiger partial charge on any atom is -0.0532 e. The van der Waals surface area contributed by atoms with Crippen LogP contribution in [0.25, 0.3) is 10.8 Å². The zero-order valence-electron chi connectivity index (χ0n) is 6.52. The van der Waals surface area contributed by atoms with Crippen molar-refractivity contribution in [1.29, 1.82) is 0 Å². The lowest BCUT2D eigenvalue weighted by molar-refractivity contribution is 1.63. The highest BCUT2D eigenvalue weighted by molar-refractivity contribution is 9.13. The molecule has 0 atom stereocenters. The van der Waals surface area contributed by atoms with Crippen LogP contribution < -0.4 is 0 Å². The Labute approximate surface area is 102 Å². The van der Waals surface area contributed by atoms with Crippen molar-refractivity contribution in [3.05, 3.63) is 43.7 Å².